The predicted octanol–water partition coefficient (Wildman–Crippen LogP) is 3.99. The van der Waals surface area contributed by atoms with E-state index >= 15 is 0 Å². The summed E-state index contributed by atoms with van der Waals surface area (Å²) in [6, 6.07) is 10.2. The Hall–Kier alpha value is -1.24. The van der Waals surface area contributed by atoms with E-state index in [1.807, 2.05) is 18.2 Å². The van der Waals surface area contributed by atoms with Crippen molar-refractivity contribution in [1.82, 2.24) is 0 Å². The minimum Gasteiger partial charge on any atom is -0.362 e. The average Bonchev–Trinajstić information content (AvgIpc) is 3.22. The smallest absolute Gasteiger partial charge is 0.184 e. The molecule has 7 atom stereocenters. The fourth-order valence-corrected chi connectivity index (χ4v) is 6.75. The highest BCUT2D eigenvalue weighted by Gasteiger charge is 2.76. The molecule has 2 aliphatic carbocycles. The predicted molar refractivity (Wildman–Crippen MR) is 106 cm³/mol. The van der Waals surface area contributed by atoms with Gasteiger partial charge >= 0.3 is 0 Å². The SMILES string of the molecule is C[C@H]1C2(CC[C@]3(C)C=C[C@H]4[C@@H]5OC(c6ccccc6)OC[C@@]4(C)O[C@]513)OCCO2. The van der Waals surface area contributed by atoms with Crippen LogP contribution >= 0.6 is 0 Å². The minimum atomic E-state index is -0.579. The van der Waals surface area contributed by atoms with Crippen LogP contribution in [0.4, 0.5) is 0 Å². The van der Waals surface area contributed by atoms with Crippen LogP contribution in [0.3, 0.4) is 0 Å². The second-order valence-corrected chi connectivity index (χ2v) is 9.85. The molecule has 0 N–H and O–H groups in total. The Balaban J connectivity index is 1.48. The van der Waals surface area contributed by atoms with Crippen LogP contribution in [0, 0.1) is 17.3 Å². The third-order valence-electron chi connectivity index (χ3n) is 8.36. The lowest BCUT2D eigenvalue weighted by Gasteiger charge is -2.60. The molecule has 1 saturated carbocycles. The minimum absolute atomic E-state index is 0.0463. The summed E-state index contributed by atoms with van der Waals surface area (Å²) in [6.45, 7) is 8.53. The highest BCUT2D eigenvalue weighted by molar-refractivity contribution is 5.33. The van der Waals surface area contributed by atoms with Crippen molar-refractivity contribution in [3.8, 4) is 0 Å². The summed E-state index contributed by atoms with van der Waals surface area (Å²) in [4.78, 5) is 0. The Morgan fingerprint density at radius 2 is 1.76 bits per heavy atom. The first-order valence-corrected chi connectivity index (χ1v) is 10.9. The lowest BCUT2D eigenvalue weighted by atomic mass is 9.52. The molecule has 4 bridgehead atoms. The van der Waals surface area contributed by atoms with Crippen molar-refractivity contribution in [2.75, 3.05) is 19.8 Å². The first-order chi connectivity index (χ1) is 13.9. The Morgan fingerprint density at radius 3 is 2.52 bits per heavy atom. The van der Waals surface area contributed by atoms with E-state index in [0.29, 0.717) is 19.8 Å². The Labute approximate surface area is 172 Å². The Bertz CT molecular complexity index is 833. The van der Waals surface area contributed by atoms with E-state index in [4.69, 9.17) is 23.7 Å². The summed E-state index contributed by atoms with van der Waals surface area (Å²) in [6.07, 6.45) is 6.03. The molecule has 3 aliphatic heterocycles. The molecule has 0 radical (unpaired) electrons. The van der Waals surface area contributed by atoms with E-state index in [1.165, 1.54) is 0 Å². The lowest BCUT2D eigenvalue weighted by Crippen LogP contribution is -2.69. The van der Waals surface area contributed by atoms with Gasteiger partial charge in [0.25, 0.3) is 0 Å². The summed E-state index contributed by atoms with van der Waals surface area (Å²) in [5.41, 5.74) is -0.0332. The zero-order valence-corrected chi connectivity index (χ0v) is 17.4. The molecule has 3 heterocycles. The van der Waals surface area contributed by atoms with Crippen molar-refractivity contribution in [3.05, 3.63) is 48.0 Å². The molecule has 0 amide bonds. The van der Waals surface area contributed by atoms with Gasteiger partial charge in [0.15, 0.2) is 12.1 Å². The van der Waals surface area contributed by atoms with Crippen molar-refractivity contribution in [3.63, 3.8) is 0 Å². The molecule has 5 aliphatic rings. The molecule has 1 aromatic carbocycles. The lowest BCUT2D eigenvalue weighted by molar-refractivity contribution is -0.342. The van der Waals surface area contributed by atoms with Crippen LogP contribution in [0.15, 0.2) is 42.5 Å². The first kappa shape index (κ1) is 18.5. The van der Waals surface area contributed by atoms with Gasteiger partial charge in [0.05, 0.1) is 25.4 Å². The van der Waals surface area contributed by atoms with Crippen molar-refractivity contribution in [2.24, 2.45) is 17.3 Å². The van der Waals surface area contributed by atoms with E-state index < -0.39 is 23.3 Å². The number of rotatable bonds is 1. The van der Waals surface area contributed by atoms with Crippen LogP contribution in [-0.4, -0.2) is 42.9 Å². The zero-order valence-electron chi connectivity index (χ0n) is 17.4. The monoisotopic (exact) mass is 398 g/mol. The molecule has 0 aromatic heterocycles. The second-order valence-electron chi connectivity index (χ2n) is 9.85. The number of ether oxygens (including phenoxy) is 5. The van der Waals surface area contributed by atoms with Crippen LogP contribution in [-0.2, 0) is 23.7 Å². The highest BCUT2D eigenvalue weighted by Crippen LogP contribution is 2.68. The summed E-state index contributed by atoms with van der Waals surface area (Å²) in [5, 5.41) is 0. The van der Waals surface area contributed by atoms with Gasteiger partial charge in [-0.3, -0.25) is 0 Å². The van der Waals surface area contributed by atoms with Crippen molar-refractivity contribution in [2.45, 2.75) is 63.0 Å². The van der Waals surface area contributed by atoms with Crippen LogP contribution in [0.1, 0.15) is 45.5 Å². The standard InChI is InChI=1S/C24H30O5/c1-16-23(26-13-14-27-23)12-11-21(2)10-9-18-19-24(16,21)29-22(18,3)15-25-20(28-19)17-7-5-4-6-8-17/h4-10,16,18-20H,11-15H2,1-3H3/t16-,18-,19-,20?,21-,22+,24-/m0/s1. The average molecular weight is 398 g/mol. The summed E-state index contributed by atoms with van der Waals surface area (Å²) in [7, 11) is 0. The second kappa shape index (κ2) is 5.92. The van der Waals surface area contributed by atoms with Gasteiger partial charge in [0.2, 0.25) is 0 Å². The molecular formula is C24H30O5. The fourth-order valence-electron chi connectivity index (χ4n) is 6.75. The quantitative estimate of drug-likeness (QED) is 0.670. The summed E-state index contributed by atoms with van der Waals surface area (Å²) in [5.74, 6) is -0.391. The zero-order chi connectivity index (χ0) is 19.9. The van der Waals surface area contributed by atoms with E-state index in [0.717, 1.165) is 18.4 Å². The fraction of sp³-hybridized carbons (Fsp3) is 0.667. The van der Waals surface area contributed by atoms with Gasteiger partial charge in [-0.1, -0.05) is 56.3 Å². The first-order valence-electron chi connectivity index (χ1n) is 10.9. The maximum absolute atomic E-state index is 7.08. The Morgan fingerprint density at radius 1 is 1.00 bits per heavy atom. The normalized spacial score (nSPS) is 49.8. The van der Waals surface area contributed by atoms with Gasteiger partial charge in [-0.2, -0.15) is 0 Å². The topological polar surface area (TPSA) is 46.2 Å². The third-order valence-corrected chi connectivity index (χ3v) is 8.36. The molecule has 156 valence electrons. The maximum atomic E-state index is 7.08. The molecule has 5 heteroatoms. The molecule has 3 saturated heterocycles. The number of hydrogen-bond acceptors (Lipinski definition) is 5. The molecule has 4 fully saturated rings. The van der Waals surface area contributed by atoms with Gasteiger partial charge in [-0.25, -0.2) is 0 Å². The largest absolute Gasteiger partial charge is 0.362 e. The number of hydrogen-bond donors (Lipinski definition) is 0. The van der Waals surface area contributed by atoms with Crippen molar-refractivity contribution >= 4 is 0 Å². The maximum Gasteiger partial charge on any atom is 0.184 e. The van der Waals surface area contributed by atoms with Crippen molar-refractivity contribution in [1.29, 1.82) is 0 Å². The summed E-state index contributed by atoms with van der Waals surface area (Å²) >= 11 is 0. The molecule has 29 heavy (non-hydrogen) atoms. The van der Waals surface area contributed by atoms with Crippen molar-refractivity contribution < 1.29 is 23.7 Å². The molecule has 2 spiro atoms. The number of benzene rings is 1. The van der Waals surface area contributed by atoms with Crippen LogP contribution in [0.2, 0.25) is 0 Å². The van der Waals surface area contributed by atoms with Crippen LogP contribution < -0.4 is 0 Å². The molecule has 1 aromatic rings. The van der Waals surface area contributed by atoms with Crippen LogP contribution in [0.25, 0.3) is 0 Å². The molecular weight excluding hydrogens is 368 g/mol. The van der Waals surface area contributed by atoms with Gasteiger partial charge in [0, 0.05) is 29.2 Å². The van der Waals surface area contributed by atoms with Gasteiger partial charge in [-0.05, 0) is 13.3 Å². The third kappa shape index (κ3) is 2.23. The van der Waals surface area contributed by atoms with E-state index in [2.05, 4.69) is 45.1 Å². The molecule has 6 rings (SSSR count). The highest BCUT2D eigenvalue weighted by atomic mass is 16.7. The molecule has 1 unspecified atom stereocenters. The van der Waals surface area contributed by atoms with Crippen LogP contribution in [0.5, 0.6) is 0 Å². The van der Waals surface area contributed by atoms with Gasteiger partial charge < -0.3 is 23.7 Å². The summed E-state index contributed by atoms with van der Waals surface area (Å²) < 4.78 is 32.6. The van der Waals surface area contributed by atoms with Gasteiger partial charge in [0.1, 0.15) is 11.7 Å². The van der Waals surface area contributed by atoms with E-state index in [9.17, 15) is 0 Å². The Kier molecular flexibility index (Phi) is 3.78. The molecule has 5 nitrogen and oxygen atoms in total. The van der Waals surface area contributed by atoms with E-state index in [-0.39, 0.29) is 23.4 Å². The van der Waals surface area contributed by atoms with Gasteiger partial charge in [-0.15, -0.1) is 0 Å². The van der Waals surface area contributed by atoms with E-state index in [1.54, 1.807) is 0 Å².